The number of ether oxygens (including phenoxy) is 1. The summed E-state index contributed by atoms with van der Waals surface area (Å²) in [6.07, 6.45) is -3.33. The highest BCUT2D eigenvalue weighted by molar-refractivity contribution is 6.32. The van der Waals surface area contributed by atoms with Crippen molar-refractivity contribution < 1.29 is 22.7 Å². The van der Waals surface area contributed by atoms with E-state index in [0.29, 0.717) is 23.4 Å². The Labute approximate surface area is 210 Å². The zero-order valence-electron chi connectivity index (χ0n) is 18.7. The number of aldehydes is 1. The number of halogens is 4. The Hall–Kier alpha value is -4.11. The summed E-state index contributed by atoms with van der Waals surface area (Å²) in [6, 6.07) is 24.4. The summed E-state index contributed by atoms with van der Waals surface area (Å²) in [5.41, 5.74) is 5.20. The minimum atomic E-state index is -4.64. The fourth-order valence-electron chi connectivity index (χ4n) is 3.44. The number of anilines is 4. The highest BCUT2D eigenvalue weighted by Gasteiger charge is 2.24. The van der Waals surface area contributed by atoms with Gasteiger partial charge in [0.2, 0.25) is 12.2 Å². The smallest absolute Gasteiger partial charge is 0.446 e. The molecule has 36 heavy (non-hydrogen) atoms. The van der Waals surface area contributed by atoms with Gasteiger partial charge in [-0.15, -0.1) is 0 Å². The molecule has 0 fully saturated rings. The van der Waals surface area contributed by atoms with Crippen LogP contribution in [-0.4, -0.2) is 29.0 Å². The minimum absolute atomic E-state index is 0.442. The van der Waals surface area contributed by atoms with Crippen molar-refractivity contribution in [1.29, 1.82) is 0 Å². The lowest BCUT2D eigenvalue weighted by atomic mass is 10.0. The molecule has 0 unspecified atom stereocenters. The molecule has 2 N–H and O–H groups in total. The van der Waals surface area contributed by atoms with Gasteiger partial charge < -0.3 is 15.4 Å². The average Bonchev–Trinajstić information content (AvgIpc) is 2.86. The molecule has 0 saturated carbocycles. The number of alkyl halides is 3. The fourth-order valence-corrected chi connectivity index (χ4v) is 3.58. The van der Waals surface area contributed by atoms with Gasteiger partial charge in [0.1, 0.15) is 10.8 Å². The van der Waals surface area contributed by atoms with Crippen LogP contribution in [0.4, 0.5) is 36.3 Å². The standard InChI is InChI=1S/C24H19ClN4O.C2HF3O/c25-22-15-26-24-28-20-12-16(11-18(13-20)17-5-2-1-3-6-17)9-10-30-21-8-4-7-19(14-21)27-23(22)29-24;3-2(4,5)1-6/h1-8,11-15H,9-10H2,(H2,26,27,28,29);1H. The van der Waals surface area contributed by atoms with Crippen LogP contribution in [0.15, 0.2) is 79.0 Å². The van der Waals surface area contributed by atoms with Crippen LogP contribution in [0.2, 0.25) is 5.02 Å². The first-order valence-electron chi connectivity index (χ1n) is 10.8. The summed E-state index contributed by atoms with van der Waals surface area (Å²) >= 11 is 6.32. The molecule has 0 radical (unpaired) electrons. The molecule has 0 aliphatic carbocycles. The van der Waals surface area contributed by atoms with Crippen molar-refractivity contribution in [2.45, 2.75) is 12.6 Å². The van der Waals surface area contributed by atoms with Crippen LogP contribution in [-0.2, 0) is 11.2 Å². The largest absolute Gasteiger partial charge is 0.493 e. The Morgan fingerprint density at radius 2 is 1.69 bits per heavy atom. The molecule has 6 nitrogen and oxygen atoms in total. The number of carbonyl (C=O) groups excluding carboxylic acids is 1. The van der Waals surface area contributed by atoms with Gasteiger partial charge in [0.05, 0.1) is 12.8 Å². The van der Waals surface area contributed by atoms with E-state index in [9.17, 15) is 13.2 Å². The number of nitrogens with zero attached hydrogens (tertiary/aromatic N) is 2. The maximum absolute atomic E-state index is 10.4. The highest BCUT2D eigenvalue weighted by Crippen LogP contribution is 2.30. The highest BCUT2D eigenvalue weighted by atomic mass is 35.5. The fraction of sp³-hybridized carbons (Fsp3) is 0.115. The van der Waals surface area contributed by atoms with E-state index in [-0.39, 0.29) is 0 Å². The molecule has 2 heterocycles. The van der Waals surface area contributed by atoms with Crippen molar-refractivity contribution in [3.63, 3.8) is 0 Å². The van der Waals surface area contributed by atoms with Crippen molar-refractivity contribution >= 4 is 41.0 Å². The van der Waals surface area contributed by atoms with Gasteiger partial charge in [-0.2, -0.15) is 18.2 Å². The number of hydrogen-bond acceptors (Lipinski definition) is 6. The van der Waals surface area contributed by atoms with E-state index in [1.807, 2.05) is 42.5 Å². The van der Waals surface area contributed by atoms with Crippen LogP contribution in [0, 0.1) is 0 Å². The molecule has 10 heteroatoms. The molecule has 6 bridgehead atoms. The van der Waals surface area contributed by atoms with Crippen molar-refractivity contribution in [3.05, 3.63) is 89.6 Å². The molecule has 5 rings (SSSR count). The Balaban J connectivity index is 0.000000455. The molecule has 3 aromatic carbocycles. The zero-order chi connectivity index (χ0) is 25.5. The number of nitrogens with one attached hydrogen (secondary N) is 2. The first kappa shape index (κ1) is 25.0. The Morgan fingerprint density at radius 1 is 0.917 bits per heavy atom. The van der Waals surface area contributed by atoms with Gasteiger partial charge in [0.25, 0.3) is 0 Å². The van der Waals surface area contributed by atoms with Crippen LogP contribution >= 0.6 is 11.6 Å². The maximum atomic E-state index is 10.4. The summed E-state index contributed by atoms with van der Waals surface area (Å²) in [5, 5.41) is 7.01. The number of rotatable bonds is 1. The molecule has 0 atom stereocenters. The van der Waals surface area contributed by atoms with Gasteiger partial charge in [0.15, 0.2) is 5.82 Å². The quantitative estimate of drug-likeness (QED) is 0.268. The third-order valence-electron chi connectivity index (χ3n) is 4.99. The second-order valence-electron chi connectivity index (χ2n) is 7.71. The van der Waals surface area contributed by atoms with E-state index < -0.39 is 12.5 Å². The van der Waals surface area contributed by atoms with Crippen LogP contribution in [0.3, 0.4) is 0 Å². The maximum Gasteiger partial charge on any atom is 0.446 e. The van der Waals surface area contributed by atoms with Gasteiger partial charge in [-0.25, -0.2) is 4.98 Å². The molecule has 0 spiro atoms. The average molecular weight is 513 g/mol. The number of aromatic nitrogens is 2. The third kappa shape index (κ3) is 6.96. The first-order chi connectivity index (χ1) is 17.3. The van der Waals surface area contributed by atoms with E-state index in [4.69, 9.17) is 21.1 Å². The topological polar surface area (TPSA) is 76.1 Å². The predicted molar refractivity (Wildman–Crippen MR) is 133 cm³/mol. The van der Waals surface area contributed by atoms with Gasteiger partial charge >= 0.3 is 6.18 Å². The molecule has 1 aliphatic heterocycles. The zero-order valence-corrected chi connectivity index (χ0v) is 19.5. The lowest BCUT2D eigenvalue weighted by Gasteiger charge is -2.15. The van der Waals surface area contributed by atoms with Crippen molar-refractivity contribution in [3.8, 4) is 16.9 Å². The summed E-state index contributed by atoms with van der Waals surface area (Å²) in [4.78, 5) is 17.6. The molecule has 0 saturated heterocycles. The number of benzene rings is 3. The summed E-state index contributed by atoms with van der Waals surface area (Å²) in [5.74, 6) is 1.80. The number of carbonyl (C=O) groups is 1. The second kappa shape index (κ2) is 11.1. The SMILES string of the molecule is Clc1cnc2nc1Nc1cccc(c1)OCCc1cc(cc(-c3ccccc3)c1)N2.O=CC(F)(F)F. The molecule has 4 aromatic rings. The second-order valence-corrected chi connectivity index (χ2v) is 8.12. The molecule has 184 valence electrons. The predicted octanol–water partition coefficient (Wildman–Crippen LogP) is 6.97. The summed E-state index contributed by atoms with van der Waals surface area (Å²) < 4.78 is 37.2. The van der Waals surface area contributed by atoms with Gasteiger partial charge in [-0.05, 0) is 41.0 Å². The monoisotopic (exact) mass is 512 g/mol. The van der Waals surface area contributed by atoms with E-state index >= 15 is 0 Å². The van der Waals surface area contributed by atoms with Gasteiger partial charge in [0, 0.05) is 23.9 Å². The van der Waals surface area contributed by atoms with Gasteiger partial charge in [-0.3, -0.25) is 4.79 Å². The Kier molecular flexibility index (Phi) is 7.70. The van der Waals surface area contributed by atoms with E-state index in [0.717, 1.165) is 34.7 Å². The van der Waals surface area contributed by atoms with Crippen LogP contribution in [0.5, 0.6) is 5.75 Å². The lowest BCUT2D eigenvalue weighted by Crippen LogP contribution is -2.07. The number of hydrogen-bond donors (Lipinski definition) is 2. The number of fused-ring (bicyclic) bond motifs is 6. The van der Waals surface area contributed by atoms with Crippen molar-refractivity contribution in [1.82, 2.24) is 9.97 Å². The summed E-state index contributed by atoms with van der Waals surface area (Å²) in [6.45, 7) is 0.573. The molecule has 1 aliphatic rings. The molecular formula is C26H20ClF3N4O2. The Bertz CT molecular complexity index is 1350. The molecule has 0 amide bonds. The molecule has 1 aromatic heterocycles. The van der Waals surface area contributed by atoms with Gasteiger partial charge in [-0.1, -0.05) is 54.1 Å². The molecular weight excluding hydrogens is 493 g/mol. The van der Waals surface area contributed by atoms with Crippen LogP contribution in [0.25, 0.3) is 11.1 Å². The normalized spacial score (nSPS) is 12.4. The summed E-state index contributed by atoms with van der Waals surface area (Å²) in [7, 11) is 0. The first-order valence-corrected chi connectivity index (χ1v) is 11.2. The van der Waals surface area contributed by atoms with E-state index in [2.05, 4.69) is 50.9 Å². The van der Waals surface area contributed by atoms with E-state index in [1.165, 1.54) is 5.56 Å². The third-order valence-corrected chi connectivity index (χ3v) is 5.27. The lowest BCUT2D eigenvalue weighted by molar-refractivity contribution is -0.156. The van der Waals surface area contributed by atoms with E-state index in [1.54, 1.807) is 6.20 Å². The van der Waals surface area contributed by atoms with Crippen LogP contribution < -0.4 is 15.4 Å². The van der Waals surface area contributed by atoms with Crippen molar-refractivity contribution in [2.75, 3.05) is 17.2 Å². The Morgan fingerprint density at radius 3 is 2.44 bits per heavy atom. The van der Waals surface area contributed by atoms with Crippen molar-refractivity contribution in [2.24, 2.45) is 0 Å². The van der Waals surface area contributed by atoms with Crippen LogP contribution in [0.1, 0.15) is 5.56 Å². The minimum Gasteiger partial charge on any atom is -0.493 e.